The molecule has 2 nitrogen and oxygen atoms in total. The highest BCUT2D eigenvalue weighted by atomic mass is 19.1. The number of hydrogen-bond donors (Lipinski definition) is 1. The van der Waals surface area contributed by atoms with Crippen molar-refractivity contribution in [3.63, 3.8) is 0 Å². The van der Waals surface area contributed by atoms with Crippen molar-refractivity contribution >= 4 is 5.69 Å². The monoisotopic (exact) mass is 196 g/mol. The molecular weight excluding hydrogens is 179 g/mol. The lowest BCUT2D eigenvalue weighted by Crippen LogP contribution is -2.36. The Morgan fingerprint density at radius 3 is 2.43 bits per heavy atom. The van der Waals surface area contributed by atoms with E-state index in [4.69, 9.17) is 0 Å². The van der Waals surface area contributed by atoms with Gasteiger partial charge >= 0.3 is 0 Å². The van der Waals surface area contributed by atoms with Gasteiger partial charge in [0.2, 0.25) is 0 Å². The van der Waals surface area contributed by atoms with E-state index in [0.29, 0.717) is 6.04 Å². The quantitative estimate of drug-likeness (QED) is 0.791. The summed E-state index contributed by atoms with van der Waals surface area (Å²) in [5.41, 5.74) is 1.04. The lowest BCUT2D eigenvalue weighted by molar-refractivity contribution is 0.620. The van der Waals surface area contributed by atoms with Gasteiger partial charge < -0.3 is 10.2 Å². The minimum Gasteiger partial charge on any atom is -0.371 e. The molecule has 1 atom stereocenters. The number of benzene rings is 1. The largest absolute Gasteiger partial charge is 0.371 e. The molecule has 1 rings (SSSR count). The molecule has 0 aliphatic heterocycles. The maximum atomic E-state index is 12.7. The number of likely N-dealkylation sites (N-methyl/N-ethyl adjacent to an activating group) is 2. The van der Waals surface area contributed by atoms with Crippen molar-refractivity contribution < 1.29 is 4.39 Å². The smallest absolute Gasteiger partial charge is 0.123 e. The molecular formula is C11H17FN2. The molecule has 0 bridgehead atoms. The number of hydrogen-bond acceptors (Lipinski definition) is 2. The molecule has 0 fully saturated rings. The lowest BCUT2D eigenvalue weighted by Gasteiger charge is -2.26. The van der Waals surface area contributed by atoms with Crippen molar-refractivity contribution in [1.82, 2.24) is 5.32 Å². The van der Waals surface area contributed by atoms with Gasteiger partial charge in [0.15, 0.2) is 0 Å². The third-order valence-electron chi connectivity index (χ3n) is 2.39. The topological polar surface area (TPSA) is 15.3 Å². The van der Waals surface area contributed by atoms with Gasteiger partial charge in [0.25, 0.3) is 0 Å². The summed E-state index contributed by atoms with van der Waals surface area (Å²) in [4.78, 5) is 2.12. The molecule has 14 heavy (non-hydrogen) atoms. The number of nitrogens with one attached hydrogen (secondary N) is 1. The first kappa shape index (κ1) is 11.0. The number of nitrogens with zero attached hydrogens (tertiary/aromatic N) is 1. The molecule has 0 radical (unpaired) electrons. The number of halogens is 1. The Hall–Kier alpha value is -1.09. The highest BCUT2D eigenvalue weighted by Crippen LogP contribution is 2.15. The molecule has 1 N–H and O–H groups in total. The number of rotatable bonds is 4. The van der Waals surface area contributed by atoms with Crippen LogP contribution in [0.1, 0.15) is 6.92 Å². The highest BCUT2D eigenvalue weighted by Gasteiger charge is 2.08. The summed E-state index contributed by atoms with van der Waals surface area (Å²) < 4.78 is 12.7. The molecule has 0 heterocycles. The fraction of sp³-hybridized carbons (Fsp3) is 0.455. The summed E-state index contributed by atoms with van der Waals surface area (Å²) in [6.45, 7) is 3.04. The first-order chi connectivity index (χ1) is 6.65. The van der Waals surface area contributed by atoms with Gasteiger partial charge in [-0.3, -0.25) is 0 Å². The van der Waals surface area contributed by atoms with Gasteiger partial charge in [0, 0.05) is 25.3 Å². The SMILES string of the molecule is CNCC(C)N(C)c1ccc(F)cc1. The second-order valence-corrected chi connectivity index (χ2v) is 3.49. The van der Waals surface area contributed by atoms with E-state index in [1.807, 2.05) is 14.1 Å². The molecule has 0 aliphatic carbocycles. The van der Waals surface area contributed by atoms with Crippen LogP contribution in [-0.2, 0) is 0 Å². The van der Waals surface area contributed by atoms with Gasteiger partial charge in [-0.1, -0.05) is 0 Å². The van der Waals surface area contributed by atoms with Gasteiger partial charge in [-0.05, 0) is 38.2 Å². The van der Waals surface area contributed by atoms with E-state index in [2.05, 4.69) is 17.1 Å². The summed E-state index contributed by atoms with van der Waals surface area (Å²) in [7, 11) is 3.93. The molecule has 0 amide bonds. The van der Waals surface area contributed by atoms with E-state index in [1.54, 1.807) is 12.1 Å². The number of anilines is 1. The van der Waals surface area contributed by atoms with E-state index in [-0.39, 0.29) is 5.82 Å². The Morgan fingerprint density at radius 1 is 1.36 bits per heavy atom. The van der Waals surface area contributed by atoms with Gasteiger partial charge in [-0.15, -0.1) is 0 Å². The van der Waals surface area contributed by atoms with Crippen molar-refractivity contribution in [2.45, 2.75) is 13.0 Å². The highest BCUT2D eigenvalue weighted by molar-refractivity contribution is 5.46. The molecule has 1 unspecified atom stereocenters. The average molecular weight is 196 g/mol. The van der Waals surface area contributed by atoms with E-state index in [9.17, 15) is 4.39 Å². The van der Waals surface area contributed by atoms with Crippen molar-refractivity contribution in [3.8, 4) is 0 Å². The molecule has 0 aromatic heterocycles. The molecule has 0 spiro atoms. The third kappa shape index (κ3) is 2.70. The molecule has 3 heteroatoms. The minimum atomic E-state index is -0.191. The van der Waals surface area contributed by atoms with Crippen molar-refractivity contribution in [2.24, 2.45) is 0 Å². The first-order valence-electron chi connectivity index (χ1n) is 4.78. The van der Waals surface area contributed by atoms with Crippen molar-refractivity contribution in [3.05, 3.63) is 30.1 Å². The van der Waals surface area contributed by atoms with Crippen LogP contribution in [0.25, 0.3) is 0 Å². The predicted molar refractivity (Wildman–Crippen MR) is 58.2 cm³/mol. The van der Waals surface area contributed by atoms with Crippen molar-refractivity contribution in [2.75, 3.05) is 25.5 Å². The maximum absolute atomic E-state index is 12.7. The first-order valence-corrected chi connectivity index (χ1v) is 4.78. The molecule has 1 aromatic carbocycles. The van der Waals surface area contributed by atoms with E-state index >= 15 is 0 Å². The van der Waals surface area contributed by atoms with Crippen molar-refractivity contribution in [1.29, 1.82) is 0 Å². The van der Waals surface area contributed by atoms with Crippen LogP contribution in [0, 0.1) is 5.82 Å². The summed E-state index contributed by atoms with van der Waals surface area (Å²) in [5, 5.41) is 3.11. The average Bonchev–Trinajstić information content (AvgIpc) is 2.18. The Labute approximate surface area is 84.7 Å². The molecule has 0 aliphatic rings. The summed E-state index contributed by atoms with van der Waals surface area (Å²) in [6.07, 6.45) is 0. The Bertz CT molecular complexity index is 271. The zero-order valence-electron chi connectivity index (χ0n) is 8.92. The minimum absolute atomic E-state index is 0.191. The molecule has 78 valence electrons. The fourth-order valence-electron chi connectivity index (χ4n) is 1.36. The Kier molecular flexibility index (Phi) is 3.89. The molecule has 1 aromatic rings. The predicted octanol–water partition coefficient (Wildman–Crippen LogP) is 1.87. The van der Waals surface area contributed by atoms with Gasteiger partial charge in [0.1, 0.15) is 5.82 Å². The van der Waals surface area contributed by atoms with Crippen LogP contribution in [0.2, 0.25) is 0 Å². The van der Waals surface area contributed by atoms with Crippen LogP contribution in [0.3, 0.4) is 0 Å². The zero-order chi connectivity index (χ0) is 10.6. The maximum Gasteiger partial charge on any atom is 0.123 e. The summed E-state index contributed by atoms with van der Waals surface area (Å²) in [5.74, 6) is -0.191. The third-order valence-corrected chi connectivity index (χ3v) is 2.39. The Morgan fingerprint density at radius 2 is 1.93 bits per heavy atom. The van der Waals surface area contributed by atoms with Crippen LogP contribution >= 0.6 is 0 Å². The summed E-state index contributed by atoms with van der Waals surface area (Å²) >= 11 is 0. The summed E-state index contributed by atoms with van der Waals surface area (Å²) in [6, 6.07) is 6.95. The Balaban J connectivity index is 2.68. The van der Waals surface area contributed by atoms with Gasteiger partial charge in [0.05, 0.1) is 0 Å². The zero-order valence-corrected chi connectivity index (χ0v) is 8.92. The standard InChI is InChI=1S/C11H17FN2/c1-9(8-13-2)14(3)11-6-4-10(12)5-7-11/h4-7,9,13H,8H2,1-3H3. The van der Waals surface area contributed by atoms with Gasteiger partial charge in [-0.2, -0.15) is 0 Å². The van der Waals surface area contributed by atoms with E-state index in [0.717, 1.165) is 12.2 Å². The fourth-order valence-corrected chi connectivity index (χ4v) is 1.36. The van der Waals surface area contributed by atoms with Gasteiger partial charge in [-0.25, -0.2) is 4.39 Å². The molecule has 0 saturated carbocycles. The van der Waals surface area contributed by atoms with Crippen LogP contribution in [0.15, 0.2) is 24.3 Å². The van der Waals surface area contributed by atoms with Crippen LogP contribution in [-0.4, -0.2) is 26.7 Å². The van der Waals surface area contributed by atoms with Crippen LogP contribution < -0.4 is 10.2 Å². The lowest BCUT2D eigenvalue weighted by atomic mass is 10.2. The molecule has 0 saturated heterocycles. The van der Waals surface area contributed by atoms with Crippen LogP contribution in [0.4, 0.5) is 10.1 Å². The van der Waals surface area contributed by atoms with E-state index < -0.39 is 0 Å². The second kappa shape index (κ2) is 4.96. The second-order valence-electron chi connectivity index (χ2n) is 3.49. The normalized spacial score (nSPS) is 12.6. The van der Waals surface area contributed by atoms with Crippen LogP contribution in [0.5, 0.6) is 0 Å². The van der Waals surface area contributed by atoms with E-state index in [1.165, 1.54) is 12.1 Å².